The molecule has 4 rings (SSSR count). The summed E-state index contributed by atoms with van der Waals surface area (Å²) in [5, 5.41) is 1.80. The highest BCUT2D eigenvalue weighted by Gasteiger charge is 2.26. The summed E-state index contributed by atoms with van der Waals surface area (Å²) in [5.41, 5.74) is 0.812. The molecule has 0 saturated carbocycles. The second-order valence-electron chi connectivity index (χ2n) is 6.85. The zero-order chi connectivity index (χ0) is 23.0. The van der Waals surface area contributed by atoms with E-state index < -0.39 is 16.0 Å². The average molecular weight is 494 g/mol. The van der Waals surface area contributed by atoms with Crippen LogP contribution in [0.5, 0.6) is 0 Å². The summed E-state index contributed by atoms with van der Waals surface area (Å²) in [7, 11) is -1.38. The first-order chi connectivity index (χ1) is 15.3. The SMILES string of the molecule is COCc1oc2c(cc(NS(=O)(=O)c3cc(Cl)ccc3Cl)c3ccccc32)c1C(=O)OC. The lowest BCUT2D eigenvalue weighted by Gasteiger charge is -2.13. The standard InChI is InChI=1S/C22H17Cl2NO6S/c1-29-11-18-20(22(26)30-2)15-10-17(13-5-3-4-6-14(13)21(15)31-18)25-32(27,28)19-9-12(23)7-8-16(19)24/h3-10,25H,11H2,1-2H3. The Bertz CT molecular complexity index is 1460. The number of nitrogens with one attached hydrogen (secondary N) is 1. The molecule has 0 unspecified atom stereocenters. The molecule has 10 heteroatoms. The van der Waals surface area contributed by atoms with Crippen LogP contribution in [0.1, 0.15) is 16.1 Å². The zero-order valence-corrected chi connectivity index (χ0v) is 19.3. The number of benzene rings is 3. The highest BCUT2D eigenvalue weighted by molar-refractivity contribution is 7.92. The van der Waals surface area contributed by atoms with Gasteiger partial charge in [-0.1, -0.05) is 47.5 Å². The Labute approximate surface area is 193 Å². The number of hydrogen-bond acceptors (Lipinski definition) is 6. The molecule has 3 aromatic carbocycles. The highest BCUT2D eigenvalue weighted by Crippen LogP contribution is 2.38. The molecule has 1 heterocycles. The van der Waals surface area contributed by atoms with Crippen molar-refractivity contribution in [3.63, 3.8) is 0 Å². The minimum Gasteiger partial charge on any atom is -0.465 e. The molecule has 4 aromatic rings. The van der Waals surface area contributed by atoms with Gasteiger partial charge in [-0.05, 0) is 24.3 Å². The van der Waals surface area contributed by atoms with Crippen molar-refractivity contribution in [2.24, 2.45) is 0 Å². The zero-order valence-electron chi connectivity index (χ0n) is 16.9. The molecule has 1 N–H and O–H groups in total. The Balaban J connectivity index is 1.98. The first kappa shape index (κ1) is 22.4. The Morgan fingerprint density at radius 1 is 1.03 bits per heavy atom. The van der Waals surface area contributed by atoms with Crippen molar-refractivity contribution in [1.29, 1.82) is 0 Å². The van der Waals surface area contributed by atoms with Crippen LogP contribution in [0.4, 0.5) is 5.69 Å². The third-order valence-corrected chi connectivity index (χ3v) is 6.94. The van der Waals surface area contributed by atoms with Crippen molar-refractivity contribution in [3.05, 3.63) is 69.9 Å². The van der Waals surface area contributed by atoms with Crippen molar-refractivity contribution in [2.45, 2.75) is 11.5 Å². The molecular weight excluding hydrogens is 477 g/mol. The van der Waals surface area contributed by atoms with E-state index in [2.05, 4.69) is 4.72 Å². The third kappa shape index (κ3) is 3.91. The van der Waals surface area contributed by atoms with Crippen molar-refractivity contribution in [3.8, 4) is 0 Å². The number of rotatable bonds is 6. The van der Waals surface area contributed by atoms with Crippen LogP contribution in [0.3, 0.4) is 0 Å². The van der Waals surface area contributed by atoms with E-state index in [0.29, 0.717) is 21.7 Å². The molecule has 0 aliphatic rings. The Morgan fingerprint density at radius 2 is 1.75 bits per heavy atom. The van der Waals surface area contributed by atoms with Crippen LogP contribution >= 0.6 is 23.2 Å². The molecule has 1 aromatic heterocycles. The van der Waals surface area contributed by atoms with E-state index in [-0.39, 0.29) is 38.6 Å². The molecule has 0 amide bonds. The second kappa shape index (κ2) is 8.63. The fraction of sp³-hybridized carbons (Fsp3) is 0.136. The number of carbonyl (C=O) groups is 1. The quantitative estimate of drug-likeness (QED) is 0.350. The van der Waals surface area contributed by atoms with Crippen molar-refractivity contribution in [1.82, 2.24) is 0 Å². The predicted molar refractivity (Wildman–Crippen MR) is 123 cm³/mol. The monoisotopic (exact) mass is 493 g/mol. The highest BCUT2D eigenvalue weighted by atomic mass is 35.5. The largest absolute Gasteiger partial charge is 0.465 e. The maximum atomic E-state index is 13.1. The summed E-state index contributed by atoms with van der Waals surface area (Å²) in [4.78, 5) is 12.3. The first-order valence-corrected chi connectivity index (χ1v) is 11.5. The summed E-state index contributed by atoms with van der Waals surface area (Å²) in [5.74, 6) is -0.352. The number of hydrogen-bond donors (Lipinski definition) is 1. The Hall–Kier alpha value is -2.78. The average Bonchev–Trinajstić information content (AvgIpc) is 3.13. The summed E-state index contributed by atoms with van der Waals surface area (Å²) < 4.78 is 44.9. The number of esters is 1. The minimum absolute atomic E-state index is 0.0215. The number of halogens is 2. The summed E-state index contributed by atoms with van der Waals surface area (Å²) >= 11 is 12.1. The van der Waals surface area contributed by atoms with Crippen LogP contribution in [-0.4, -0.2) is 28.6 Å². The molecule has 0 aliphatic carbocycles. The third-order valence-electron chi connectivity index (χ3n) is 4.86. The number of methoxy groups -OCH3 is 2. The molecule has 0 radical (unpaired) electrons. The number of anilines is 1. The van der Waals surface area contributed by atoms with Gasteiger partial charge < -0.3 is 13.9 Å². The van der Waals surface area contributed by atoms with Gasteiger partial charge in [0, 0.05) is 28.3 Å². The molecule has 0 fully saturated rings. The normalized spacial score (nSPS) is 11.8. The van der Waals surface area contributed by atoms with E-state index in [1.54, 1.807) is 24.3 Å². The van der Waals surface area contributed by atoms with Gasteiger partial charge in [-0.15, -0.1) is 0 Å². The molecule has 0 aliphatic heterocycles. The lowest BCUT2D eigenvalue weighted by Crippen LogP contribution is -2.14. The van der Waals surface area contributed by atoms with Gasteiger partial charge in [0.1, 0.15) is 28.4 Å². The van der Waals surface area contributed by atoms with E-state index >= 15 is 0 Å². The van der Waals surface area contributed by atoms with Crippen LogP contribution in [0.2, 0.25) is 10.0 Å². The molecule has 0 spiro atoms. The van der Waals surface area contributed by atoms with Gasteiger partial charge in [-0.3, -0.25) is 4.72 Å². The van der Waals surface area contributed by atoms with Gasteiger partial charge in [-0.25, -0.2) is 13.2 Å². The Kier molecular flexibility index (Phi) is 6.05. The molecule has 0 bridgehead atoms. The fourth-order valence-corrected chi connectivity index (χ4v) is 5.33. The van der Waals surface area contributed by atoms with Crippen LogP contribution in [0.15, 0.2) is 57.8 Å². The van der Waals surface area contributed by atoms with E-state index in [4.69, 9.17) is 37.1 Å². The number of ether oxygens (including phenoxy) is 2. The Morgan fingerprint density at radius 3 is 2.44 bits per heavy atom. The van der Waals surface area contributed by atoms with Crippen molar-refractivity contribution in [2.75, 3.05) is 18.9 Å². The van der Waals surface area contributed by atoms with Crippen LogP contribution in [0.25, 0.3) is 21.7 Å². The van der Waals surface area contributed by atoms with Gasteiger partial charge in [0.05, 0.1) is 17.8 Å². The summed E-state index contributed by atoms with van der Waals surface area (Å²) in [6.45, 7) is 0.0343. The second-order valence-corrected chi connectivity index (χ2v) is 9.35. The number of furan rings is 1. The van der Waals surface area contributed by atoms with Gasteiger partial charge in [-0.2, -0.15) is 0 Å². The van der Waals surface area contributed by atoms with E-state index in [1.165, 1.54) is 38.5 Å². The van der Waals surface area contributed by atoms with Crippen molar-refractivity contribution >= 4 is 66.6 Å². The smallest absolute Gasteiger partial charge is 0.342 e. The topological polar surface area (TPSA) is 94.8 Å². The maximum absolute atomic E-state index is 13.1. The summed E-state index contributed by atoms with van der Waals surface area (Å²) in [6, 6.07) is 12.7. The van der Waals surface area contributed by atoms with Gasteiger partial charge in [0.15, 0.2) is 0 Å². The minimum atomic E-state index is -4.11. The molecule has 0 saturated heterocycles. The van der Waals surface area contributed by atoms with E-state index in [9.17, 15) is 13.2 Å². The van der Waals surface area contributed by atoms with Gasteiger partial charge >= 0.3 is 5.97 Å². The first-order valence-electron chi connectivity index (χ1n) is 9.29. The van der Waals surface area contributed by atoms with Gasteiger partial charge in [0.2, 0.25) is 0 Å². The lowest BCUT2D eigenvalue weighted by atomic mass is 10.0. The molecule has 0 atom stereocenters. The van der Waals surface area contributed by atoms with E-state index in [1.807, 2.05) is 0 Å². The van der Waals surface area contributed by atoms with Crippen LogP contribution < -0.4 is 4.72 Å². The van der Waals surface area contributed by atoms with Crippen molar-refractivity contribution < 1.29 is 27.1 Å². The number of fused-ring (bicyclic) bond motifs is 3. The maximum Gasteiger partial charge on any atom is 0.342 e. The predicted octanol–water partition coefficient (Wildman–Crippen LogP) is 5.63. The fourth-order valence-electron chi connectivity index (χ4n) is 3.49. The van der Waals surface area contributed by atoms with Crippen LogP contribution in [-0.2, 0) is 26.1 Å². The number of carbonyl (C=O) groups excluding carboxylic acids is 1. The van der Waals surface area contributed by atoms with Gasteiger partial charge in [0.25, 0.3) is 10.0 Å². The summed E-state index contributed by atoms with van der Waals surface area (Å²) in [6.07, 6.45) is 0. The molecule has 166 valence electrons. The van der Waals surface area contributed by atoms with Crippen LogP contribution in [0, 0.1) is 0 Å². The molecule has 7 nitrogen and oxygen atoms in total. The van der Waals surface area contributed by atoms with E-state index in [0.717, 1.165) is 0 Å². The number of sulfonamides is 1. The molecular formula is C22H17Cl2NO6S. The molecule has 32 heavy (non-hydrogen) atoms. The lowest BCUT2D eigenvalue weighted by molar-refractivity contribution is 0.0594.